The molecule has 16 heavy (non-hydrogen) atoms. The van der Waals surface area contributed by atoms with Crippen LogP contribution in [0.5, 0.6) is 0 Å². The van der Waals surface area contributed by atoms with Crippen LogP contribution in [-0.4, -0.2) is 43.8 Å². The van der Waals surface area contributed by atoms with Gasteiger partial charge in [0.25, 0.3) is 0 Å². The van der Waals surface area contributed by atoms with Crippen LogP contribution >= 0.6 is 0 Å². The molecule has 0 aliphatic carbocycles. The zero-order valence-corrected chi connectivity index (χ0v) is 10.2. The van der Waals surface area contributed by atoms with Crippen molar-refractivity contribution in [1.82, 2.24) is 10.2 Å². The van der Waals surface area contributed by atoms with Crippen molar-refractivity contribution in [2.24, 2.45) is 0 Å². The lowest BCUT2D eigenvalue weighted by Crippen LogP contribution is -2.27. The summed E-state index contributed by atoms with van der Waals surface area (Å²) in [4.78, 5) is 2.30. The maximum Gasteiger partial charge on any atom is 0.389 e. The molecule has 0 saturated heterocycles. The number of hydrogen-bond acceptors (Lipinski definition) is 2. The summed E-state index contributed by atoms with van der Waals surface area (Å²) >= 11 is 0. The molecule has 0 atom stereocenters. The average Bonchev–Trinajstić information content (AvgIpc) is 2.21. The van der Waals surface area contributed by atoms with Crippen LogP contribution in [0.4, 0.5) is 13.2 Å². The minimum Gasteiger partial charge on any atom is -0.317 e. The summed E-state index contributed by atoms with van der Waals surface area (Å²) in [6, 6.07) is 0. The highest BCUT2D eigenvalue weighted by Crippen LogP contribution is 2.20. The number of alkyl halides is 3. The summed E-state index contributed by atoms with van der Waals surface area (Å²) in [7, 11) is 0. The topological polar surface area (TPSA) is 15.3 Å². The van der Waals surface area contributed by atoms with Gasteiger partial charge in [0.05, 0.1) is 0 Å². The Balaban J connectivity index is 3.21. The molecule has 5 heteroatoms. The van der Waals surface area contributed by atoms with Crippen LogP contribution < -0.4 is 5.32 Å². The Morgan fingerprint density at radius 1 is 1.00 bits per heavy atom. The quantitative estimate of drug-likeness (QED) is 0.623. The largest absolute Gasteiger partial charge is 0.389 e. The van der Waals surface area contributed by atoms with Crippen molar-refractivity contribution < 1.29 is 13.2 Å². The Kier molecular flexibility index (Phi) is 8.66. The maximum absolute atomic E-state index is 11.8. The molecule has 0 saturated carbocycles. The molecule has 0 bridgehead atoms. The molecule has 0 spiro atoms. The van der Waals surface area contributed by atoms with Gasteiger partial charge >= 0.3 is 6.18 Å². The summed E-state index contributed by atoms with van der Waals surface area (Å²) in [5.41, 5.74) is 0. The van der Waals surface area contributed by atoms with E-state index in [1.807, 2.05) is 0 Å². The van der Waals surface area contributed by atoms with Crippen LogP contribution in [0.2, 0.25) is 0 Å². The lowest BCUT2D eigenvalue weighted by atomic mass is 10.3. The van der Waals surface area contributed by atoms with Gasteiger partial charge in [-0.1, -0.05) is 13.8 Å². The predicted molar refractivity (Wildman–Crippen MR) is 60.6 cm³/mol. The number of halogens is 3. The van der Waals surface area contributed by atoms with Crippen molar-refractivity contribution in [2.45, 2.75) is 39.3 Å². The first-order valence-corrected chi connectivity index (χ1v) is 5.99. The van der Waals surface area contributed by atoms with Gasteiger partial charge < -0.3 is 10.2 Å². The van der Waals surface area contributed by atoms with Gasteiger partial charge in [0, 0.05) is 6.42 Å². The normalized spacial score (nSPS) is 12.4. The summed E-state index contributed by atoms with van der Waals surface area (Å²) < 4.78 is 35.4. The molecule has 0 aromatic carbocycles. The van der Waals surface area contributed by atoms with E-state index < -0.39 is 12.6 Å². The van der Waals surface area contributed by atoms with Gasteiger partial charge in [-0.15, -0.1) is 0 Å². The van der Waals surface area contributed by atoms with E-state index in [1.165, 1.54) is 0 Å². The van der Waals surface area contributed by atoms with Crippen LogP contribution in [0.15, 0.2) is 0 Å². The smallest absolute Gasteiger partial charge is 0.317 e. The van der Waals surface area contributed by atoms with Crippen molar-refractivity contribution >= 4 is 0 Å². The fraction of sp³-hybridized carbons (Fsp3) is 1.00. The van der Waals surface area contributed by atoms with E-state index in [1.54, 1.807) is 0 Å². The van der Waals surface area contributed by atoms with E-state index in [0.717, 1.165) is 32.6 Å². The third kappa shape index (κ3) is 10.2. The van der Waals surface area contributed by atoms with Crippen molar-refractivity contribution in [3.8, 4) is 0 Å². The zero-order valence-electron chi connectivity index (χ0n) is 10.2. The van der Waals surface area contributed by atoms with E-state index in [-0.39, 0.29) is 6.42 Å². The Morgan fingerprint density at radius 2 is 1.56 bits per heavy atom. The summed E-state index contributed by atoms with van der Waals surface area (Å²) in [6.07, 6.45) is -3.53. The number of rotatable bonds is 9. The van der Waals surface area contributed by atoms with Gasteiger partial charge in [0.1, 0.15) is 0 Å². The molecule has 0 unspecified atom stereocenters. The van der Waals surface area contributed by atoms with Crippen molar-refractivity contribution in [3.63, 3.8) is 0 Å². The second-order valence-corrected chi connectivity index (χ2v) is 3.85. The number of nitrogens with zero attached hydrogens (tertiary/aromatic N) is 1. The molecule has 0 heterocycles. The number of nitrogens with one attached hydrogen (secondary N) is 1. The van der Waals surface area contributed by atoms with Crippen molar-refractivity contribution in [3.05, 3.63) is 0 Å². The van der Waals surface area contributed by atoms with Crippen LogP contribution in [0.1, 0.15) is 33.1 Å². The Bertz CT molecular complexity index is 156. The predicted octanol–water partition coefficient (Wildman–Crippen LogP) is 2.65. The van der Waals surface area contributed by atoms with Crippen molar-refractivity contribution in [1.29, 1.82) is 0 Å². The molecule has 0 aromatic heterocycles. The average molecular weight is 240 g/mol. The second-order valence-electron chi connectivity index (χ2n) is 3.85. The molecule has 0 amide bonds. The highest BCUT2D eigenvalue weighted by Gasteiger charge is 2.25. The first kappa shape index (κ1) is 15.7. The molecule has 0 radical (unpaired) electrons. The Labute approximate surface area is 96.2 Å². The van der Waals surface area contributed by atoms with Crippen LogP contribution in [0.25, 0.3) is 0 Å². The fourth-order valence-electron chi connectivity index (χ4n) is 1.51. The van der Waals surface area contributed by atoms with Gasteiger partial charge in [-0.25, -0.2) is 0 Å². The maximum atomic E-state index is 11.8. The summed E-state index contributed by atoms with van der Waals surface area (Å²) in [6.45, 7) is 8.56. The Morgan fingerprint density at radius 3 is 2.06 bits per heavy atom. The molecular formula is C11H23F3N2. The van der Waals surface area contributed by atoms with Crippen LogP contribution in [-0.2, 0) is 0 Å². The van der Waals surface area contributed by atoms with Gasteiger partial charge in [0.2, 0.25) is 0 Å². The van der Waals surface area contributed by atoms with Crippen molar-refractivity contribution in [2.75, 3.05) is 32.7 Å². The van der Waals surface area contributed by atoms with Crippen LogP contribution in [0, 0.1) is 0 Å². The standard InChI is InChI=1S/C11H23F3N2/c1-3-16(4-2)10-6-9-15-8-5-7-11(12,13)14/h15H,3-10H2,1-2H3. The van der Waals surface area contributed by atoms with Gasteiger partial charge in [0.15, 0.2) is 0 Å². The highest BCUT2D eigenvalue weighted by molar-refractivity contribution is 4.57. The molecule has 2 nitrogen and oxygen atoms in total. The van der Waals surface area contributed by atoms with E-state index in [0.29, 0.717) is 6.54 Å². The minimum absolute atomic E-state index is 0.175. The minimum atomic E-state index is -4.01. The van der Waals surface area contributed by atoms with Crippen LogP contribution in [0.3, 0.4) is 0 Å². The van der Waals surface area contributed by atoms with E-state index in [9.17, 15) is 13.2 Å². The first-order chi connectivity index (χ1) is 7.49. The zero-order chi connectivity index (χ0) is 12.4. The van der Waals surface area contributed by atoms with E-state index >= 15 is 0 Å². The van der Waals surface area contributed by atoms with Gasteiger partial charge in [-0.2, -0.15) is 13.2 Å². The molecule has 0 aliphatic heterocycles. The molecule has 0 aromatic rings. The van der Waals surface area contributed by atoms with E-state index in [2.05, 4.69) is 24.1 Å². The first-order valence-electron chi connectivity index (χ1n) is 5.99. The molecule has 1 N–H and O–H groups in total. The second kappa shape index (κ2) is 8.82. The van der Waals surface area contributed by atoms with E-state index in [4.69, 9.17) is 0 Å². The molecule has 0 aliphatic rings. The molecule has 0 rings (SSSR count). The van der Waals surface area contributed by atoms with Gasteiger partial charge in [-0.3, -0.25) is 0 Å². The summed E-state index contributed by atoms with van der Waals surface area (Å²) in [5, 5.41) is 3.03. The lowest BCUT2D eigenvalue weighted by molar-refractivity contribution is -0.135. The third-order valence-electron chi connectivity index (χ3n) is 2.54. The summed E-state index contributed by atoms with van der Waals surface area (Å²) in [5.74, 6) is 0. The molecule has 0 fully saturated rings. The number of hydrogen-bond donors (Lipinski definition) is 1. The lowest BCUT2D eigenvalue weighted by Gasteiger charge is -2.17. The fourth-order valence-corrected chi connectivity index (χ4v) is 1.51. The Hall–Kier alpha value is -0.290. The molecule has 98 valence electrons. The highest BCUT2D eigenvalue weighted by atomic mass is 19.4. The molecular weight excluding hydrogens is 217 g/mol. The SMILES string of the molecule is CCN(CC)CCCNCCCC(F)(F)F. The van der Waals surface area contributed by atoms with Gasteiger partial charge in [-0.05, 0) is 45.6 Å². The third-order valence-corrected chi connectivity index (χ3v) is 2.54. The monoisotopic (exact) mass is 240 g/mol.